The lowest BCUT2D eigenvalue weighted by atomic mass is 9.82. The zero-order valence-electron chi connectivity index (χ0n) is 16.4. The molecule has 2 heteroatoms. The fourth-order valence-corrected chi connectivity index (χ4v) is 5.40. The molecule has 140 valence electrons. The van der Waals surface area contributed by atoms with Gasteiger partial charge in [-0.15, -0.1) is 0 Å². The second kappa shape index (κ2) is 5.84. The zero-order chi connectivity index (χ0) is 19.8. The zero-order valence-corrected chi connectivity index (χ0v) is 18.0. The van der Waals surface area contributed by atoms with Crippen LogP contribution in [0, 0.1) is 0 Å². The number of nitrogens with zero attached hydrogens (tertiary/aromatic N) is 1. The Kier molecular flexibility index (Phi) is 3.43. The van der Waals surface area contributed by atoms with E-state index >= 15 is 0 Å². The Balaban J connectivity index is 1.80. The standard InChI is InChI=1S/C27H20BrN/c1-27(2)23-11-7-6-10-19(23)20-16-26-22(15-24(20)27)21-14-17(28)12-13-25(21)29(26)18-8-4-3-5-9-18/h3-16H,1-2H3. The van der Waals surface area contributed by atoms with Crippen molar-refractivity contribution in [1.82, 2.24) is 4.57 Å². The predicted octanol–water partition coefficient (Wildman–Crippen LogP) is 7.85. The summed E-state index contributed by atoms with van der Waals surface area (Å²) in [5.74, 6) is 0. The van der Waals surface area contributed by atoms with Crippen LogP contribution in [0.3, 0.4) is 0 Å². The van der Waals surface area contributed by atoms with Crippen molar-refractivity contribution < 1.29 is 0 Å². The minimum absolute atomic E-state index is 0.00724. The Bertz CT molecular complexity index is 1420. The van der Waals surface area contributed by atoms with Crippen LogP contribution in [0.2, 0.25) is 0 Å². The van der Waals surface area contributed by atoms with Crippen molar-refractivity contribution >= 4 is 37.7 Å². The van der Waals surface area contributed by atoms with Crippen LogP contribution in [0.15, 0.2) is 89.4 Å². The highest BCUT2D eigenvalue weighted by Gasteiger charge is 2.36. The van der Waals surface area contributed by atoms with E-state index in [9.17, 15) is 0 Å². The summed E-state index contributed by atoms with van der Waals surface area (Å²) in [6.45, 7) is 4.69. The van der Waals surface area contributed by atoms with Gasteiger partial charge in [0.1, 0.15) is 0 Å². The average molecular weight is 438 g/mol. The molecular formula is C27H20BrN. The van der Waals surface area contributed by atoms with Gasteiger partial charge in [-0.05, 0) is 64.7 Å². The molecule has 4 aromatic carbocycles. The number of fused-ring (bicyclic) bond motifs is 6. The molecule has 0 spiro atoms. The maximum absolute atomic E-state index is 3.68. The first-order chi connectivity index (χ1) is 14.1. The van der Waals surface area contributed by atoms with Gasteiger partial charge in [0.25, 0.3) is 0 Å². The Hall–Kier alpha value is -2.84. The highest BCUT2D eigenvalue weighted by molar-refractivity contribution is 9.10. The van der Waals surface area contributed by atoms with Crippen molar-refractivity contribution in [1.29, 1.82) is 0 Å². The molecule has 0 aliphatic heterocycles. The fraction of sp³-hybridized carbons (Fsp3) is 0.111. The number of hydrogen-bond acceptors (Lipinski definition) is 0. The smallest absolute Gasteiger partial charge is 0.0547 e. The van der Waals surface area contributed by atoms with Gasteiger partial charge >= 0.3 is 0 Å². The van der Waals surface area contributed by atoms with Crippen LogP contribution in [0.5, 0.6) is 0 Å². The summed E-state index contributed by atoms with van der Waals surface area (Å²) in [6.07, 6.45) is 0. The van der Waals surface area contributed by atoms with E-state index in [-0.39, 0.29) is 5.41 Å². The molecule has 1 aromatic heterocycles. The van der Waals surface area contributed by atoms with Crippen LogP contribution >= 0.6 is 15.9 Å². The molecule has 1 heterocycles. The average Bonchev–Trinajstić information content (AvgIpc) is 3.17. The van der Waals surface area contributed by atoms with E-state index in [0.717, 1.165) is 4.47 Å². The molecule has 0 saturated carbocycles. The van der Waals surface area contributed by atoms with Crippen LogP contribution < -0.4 is 0 Å². The van der Waals surface area contributed by atoms with Crippen LogP contribution in [0.4, 0.5) is 0 Å². The quantitative estimate of drug-likeness (QED) is 0.251. The van der Waals surface area contributed by atoms with Crippen LogP contribution in [0.1, 0.15) is 25.0 Å². The third kappa shape index (κ3) is 2.27. The van der Waals surface area contributed by atoms with E-state index < -0.39 is 0 Å². The van der Waals surface area contributed by atoms with Gasteiger partial charge in [0.05, 0.1) is 11.0 Å². The van der Waals surface area contributed by atoms with Gasteiger partial charge in [0.15, 0.2) is 0 Å². The highest BCUT2D eigenvalue weighted by atomic mass is 79.9. The molecule has 1 nitrogen and oxygen atoms in total. The van der Waals surface area contributed by atoms with Crippen LogP contribution in [-0.2, 0) is 5.41 Å². The largest absolute Gasteiger partial charge is 0.309 e. The van der Waals surface area contributed by atoms with Crippen molar-refractivity contribution in [3.8, 4) is 16.8 Å². The first-order valence-electron chi connectivity index (χ1n) is 9.99. The van der Waals surface area contributed by atoms with E-state index in [1.807, 2.05) is 0 Å². The maximum atomic E-state index is 3.68. The summed E-state index contributed by atoms with van der Waals surface area (Å²) in [7, 11) is 0. The summed E-state index contributed by atoms with van der Waals surface area (Å²) in [5, 5.41) is 2.59. The molecule has 6 rings (SSSR count). The van der Waals surface area contributed by atoms with E-state index in [1.165, 1.54) is 49.7 Å². The van der Waals surface area contributed by atoms with Crippen LogP contribution in [-0.4, -0.2) is 4.57 Å². The molecule has 0 fully saturated rings. The second-order valence-corrected chi connectivity index (χ2v) is 9.33. The SMILES string of the molecule is CC1(C)c2ccccc2-c2cc3c(cc21)c1cc(Br)ccc1n3-c1ccccc1. The maximum Gasteiger partial charge on any atom is 0.0547 e. The van der Waals surface area contributed by atoms with E-state index in [2.05, 4.69) is 119 Å². The lowest BCUT2D eigenvalue weighted by Gasteiger charge is -2.21. The minimum atomic E-state index is 0.00724. The van der Waals surface area contributed by atoms with E-state index in [0.29, 0.717) is 0 Å². The number of aromatic nitrogens is 1. The molecular weight excluding hydrogens is 418 g/mol. The van der Waals surface area contributed by atoms with Crippen molar-refractivity contribution in [2.75, 3.05) is 0 Å². The molecule has 0 radical (unpaired) electrons. The van der Waals surface area contributed by atoms with Gasteiger partial charge in [-0.2, -0.15) is 0 Å². The molecule has 0 bridgehead atoms. The monoisotopic (exact) mass is 437 g/mol. The first-order valence-corrected chi connectivity index (χ1v) is 10.8. The summed E-state index contributed by atoms with van der Waals surface area (Å²) < 4.78 is 3.51. The Labute approximate surface area is 178 Å². The van der Waals surface area contributed by atoms with Gasteiger partial charge < -0.3 is 4.57 Å². The number of para-hydroxylation sites is 1. The Morgan fingerprint density at radius 1 is 0.655 bits per heavy atom. The summed E-state index contributed by atoms with van der Waals surface area (Å²) >= 11 is 3.68. The molecule has 0 saturated heterocycles. The van der Waals surface area contributed by atoms with Crippen molar-refractivity contribution in [2.24, 2.45) is 0 Å². The number of hydrogen-bond donors (Lipinski definition) is 0. The lowest BCUT2D eigenvalue weighted by Crippen LogP contribution is -2.14. The molecule has 0 unspecified atom stereocenters. The number of rotatable bonds is 1. The summed E-state index contributed by atoms with van der Waals surface area (Å²) in [6, 6.07) is 30.9. The minimum Gasteiger partial charge on any atom is -0.309 e. The van der Waals surface area contributed by atoms with Gasteiger partial charge in [0.2, 0.25) is 0 Å². The van der Waals surface area contributed by atoms with Crippen molar-refractivity contribution in [3.63, 3.8) is 0 Å². The topological polar surface area (TPSA) is 4.93 Å². The van der Waals surface area contributed by atoms with Crippen LogP contribution in [0.25, 0.3) is 38.6 Å². The molecule has 1 aliphatic rings. The van der Waals surface area contributed by atoms with Gasteiger partial charge in [0, 0.05) is 26.3 Å². The van der Waals surface area contributed by atoms with E-state index in [1.54, 1.807) is 0 Å². The van der Waals surface area contributed by atoms with Crippen molar-refractivity contribution in [3.05, 3.63) is 101 Å². The van der Waals surface area contributed by atoms with Gasteiger partial charge in [-0.3, -0.25) is 0 Å². The summed E-state index contributed by atoms with van der Waals surface area (Å²) in [4.78, 5) is 0. The normalized spacial score (nSPS) is 14.3. The molecule has 0 atom stereocenters. The molecule has 0 N–H and O–H groups in total. The predicted molar refractivity (Wildman–Crippen MR) is 126 cm³/mol. The third-order valence-corrected chi connectivity index (χ3v) is 6.94. The molecule has 29 heavy (non-hydrogen) atoms. The molecule has 1 aliphatic carbocycles. The molecule has 0 amide bonds. The van der Waals surface area contributed by atoms with E-state index in [4.69, 9.17) is 0 Å². The fourth-order valence-electron chi connectivity index (χ4n) is 5.04. The number of halogens is 1. The Morgan fingerprint density at radius 2 is 1.38 bits per heavy atom. The van der Waals surface area contributed by atoms with Crippen molar-refractivity contribution in [2.45, 2.75) is 19.3 Å². The molecule has 5 aromatic rings. The third-order valence-electron chi connectivity index (χ3n) is 6.44. The Morgan fingerprint density at radius 3 is 2.21 bits per heavy atom. The number of benzene rings is 4. The van der Waals surface area contributed by atoms with Gasteiger partial charge in [-0.1, -0.05) is 72.2 Å². The second-order valence-electron chi connectivity index (χ2n) is 8.42. The van der Waals surface area contributed by atoms with Gasteiger partial charge in [-0.25, -0.2) is 0 Å². The highest BCUT2D eigenvalue weighted by Crippen LogP contribution is 2.50. The first kappa shape index (κ1) is 17.1. The summed E-state index contributed by atoms with van der Waals surface area (Å²) in [5.41, 5.74) is 9.25. The lowest BCUT2D eigenvalue weighted by molar-refractivity contribution is 0.661.